The fourth-order valence-electron chi connectivity index (χ4n) is 1.84. The van der Waals surface area contributed by atoms with Crippen LogP contribution in [0.15, 0.2) is 18.5 Å². The molecule has 0 fully saturated rings. The molecule has 0 aliphatic heterocycles. The third-order valence-corrected chi connectivity index (χ3v) is 2.64. The van der Waals surface area contributed by atoms with E-state index >= 15 is 0 Å². The summed E-state index contributed by atoms with van der Waals surface area (Å²) < 4.78 is 1.68. The minimum absolute atomic E-state index is 0.167. The Labute approximate surface area is 112 Å². The van der Waals surface area contributed by atoms with Crippen molar-refractivity contribution < 1.29 is 4.79 Å². The SMILES string of the molecule is Cn1nc(CC(C)(C)C)cc1NC(=O)c1cn[nH]c1. The van der Waals surface area contributed by atoms with Crippen LogP contribution in [0.1, 0.15) is 36.8 Å². The highest BCUT2D eigenvalue weighted by molar-refractivity contribution is 6.03. The Bertz CT molecular complexity index is 562. The molecule has 2 aromatic heterocycles. The summed E-state index contributed by atoms with van der Waals surface area (Å²) in [7, 11) is 1.82. The second-order valence-corrected chi connectivity index (χ2v) is 5.82. The lowest BCUT2D eigenvalue weighted by atomic mass is 9.91. The van der Waals surface area contributed by atoms with Crippen molar-refractivity contribution in [1.29, 1.82) is 0 Å². The number of carbonyl (C=O) groups excluding carboxylic acids is 1. The quantitative estimate of drug-likeness (QED) is 0.887. The summed E-state index contributed by atoms with van der Waals surface area (Å²) in [5.41, 5.74) is 1.64. The first-order chi connectivity index (χ1) is 8.85. The maximum Gasteiger partial charge on any atom is 0.259 e. The van der Waals surface area contributed by atoms with Gasteiger partial charge >= 0.3 is 0 Å². The van der Waals surface area contributed by atoms with Crippen molar-refractivity contribution in [2.45, 2.75) is 27.2 Å². The second-order valence-electron chi connectivity index (χ2n) is 5.82. The fourth-order valence-corrected chi connectivity index (χ4v) is 1.84. The maximum atomic E-state index is 11.9. The average Bonchev–Trinajstić information content (AvgIpc) is 2.87. The van der Waals surface area contributed by atoms with E-state index in [4.69, 9.17) is 0 Å². The van der Waals surface area contributed by atoms with Gasteiger partial charge in [0.2, 0.25) is 0 Å². The molecule has 2 heterocycles. The number of aromatic amines is 1. The number of aryl methyl sites for hydroxylation is 1. The van der Waals surface area contributed by atoms with Gasteiger partial charge in [0.15, 0.2) is 0 Å². The normalized spacial score (nSPS) is 11.6. The van der Waals surface area contributed by atoms with Crippen LogP contribution in [0.3, 0.4) is 0 Å². The highest BCUT2D eigenvalue weighted by Gasteiger charge is 2.16. The first-order valence-electron chi connectivity index (χ1n) is 6.18. The maximum absolute atomic E-state index is 11.9. The Morgan fingerprint density at radius 3 is 2.79 bits per heavy atom. The molecule has 0 radical (unpaired) electrons. The Morgan fingerprint density at radius 1 is 1.47 bits per heavy atom. The van der Waals surface area contributed by atoms with E-state index in [2.05, 4.69) is 41.4 Å². The van der Waals surface area contributed by atoms with Gasteiger partial charge in [0.1, 0.15) is 5.82 Å². The topological polar surface area (TPSA) is 75.6 Å². The fraction of sp³-hybridized carbons (Fsp3) is 0.462. The van der Waals surface area contributed by atoms with Crippen molar-refractivity contribution >= 4 is 11.7 Å². The number of hydrogen-bond acceptors (Lipinski definition) is 3. The molecule has 0 saturated heterocycles. The van der Waals surface area contributed by atoms with Crippen LogP contribution in [0, 0.1) is 5.41 Å². The van der Waals surface area contributed by atoms with E-state index in [1.54, 1.807) is 10.9 Å². The van der Waals surface area contributed by atoms with E-state index in [0.717, 1.165) is 12.1 Å². The predicted molar refractivity (Wildman–Crippen MR) is 72.9 cm³/mol. The number of anilines is 1. The van der Waals surface area contributed by atoms with Gasteiger partial charge in [0.25, 0.3) is 5.91 Å². The molecule has 19 heavy (non-hydrogen) atoms. The zero-order chi connectivity index (χ0) is 14.0. The average molecular weight is 261 g/mol. The van der Waals surface area contributed by atoms with Gasteiger partial charge in [0, 0.05) is 19.3 Å². The van der Waals surface area contributed by atoms with Gasteiger partial charge in [-0.15, -0.1) is 0 Å². The van der Waals surface area contributed by atoms with Crippen molar-refractivity contribution in [1.82, 2.24) is 20.0 Å². The molecule has 2 rings (SSSR count). The van der Waals surface area contributed by atoms with E-state index in [-0.39, 0.29) is 11.3 Å². The molecule has 0 atom stereocenters. The van der Waals surface area contributed by atoms with E-state index in [1.807, 2.05) is 13.1 Å². The molecule has 6 heteroatoms. The Morgan fingerprint density at radius 2 is 2.21 bits per heavy atom. The standard InChI is InChI=1S/C13H19N5O/c1-13(2,3)6-10-5-11(18(4)17-10)16-12(19)9-7-14-15-8-9/h5,7-8H,6H2,1-4H3,(H,14,15)(H,16,19). The molecule has 2 aromatic rings. The van der Waals surface area contributed by atoms with Crippen LogP contribution in [-0.2, 0) is 13.5 Å². The van der Waals surface area contributed by atoms with Gasteiger partial charge in [-0.05, 0) is 11.8 Å². The lowest BCUT2D eigenvalue weighted by molar-refractivity contribution is 0.102. The van der Waals surface area contributed by atoms with Gasteiger partial charge in [-0.25, -0.2) is 0 Å². The lowest BCUT2D eigenvalue weighted by Crippen LogP contribution is -2.13. The first kappa shape index (κ1) is 13.3. The minimum atomic E-state index is -0.195. The molecule has 0 aliphatic carbocycles. The molecular formula is C13H19N5O. The van der Waals surface area contributed by atoms with Gasteiger partial charge in [-0.2, -0.15) is 10.2 Å². The third-order valence-electron chi connectivity index (χ3n) is 2.64. The van der Waals surface area contributed by atoms with Crippen LogP contribution in [0.4, 0.5) is 5.82 Å². The van der Waals surface area contributed by atoms with Crippen LogP contribution in [0.2, 0.25) is 0 Å². The minimum Gasteiger partial charge on any atom is -0.307 e. The number of rotatable bonds is 3. The van der Waals surface area contributed by atoms with Crippen molar-refractivity contribution in [3.8, 4) is 0 Å². The predicted octanol–water partition coefficient (Wildman–Crippen LogP) is 1.98. The van der Waals surface area contributed by atoms with E-state index in [1.165, 1.54) is 6.20 Å². The largest absolute Gasteiger partial charge is 0.307 e. The van der Waals surface area contributed by atoms with Crippen LogP contribution in [0.5, 0.6) is 0 Å². The van der Waals surface area contributed by atoms with Crippen molar-refractivity contribution in [2.24, 2.45) is 12.5 Å². The van der Waals surface area contributed by atoms with E-state index in [9.17, 15) is 4.79 Å². The summed E-state index contributed by atoms with van der Waals surface area (Å²) in [5.74, 6) is 0.490. The molecule has 0 spiro atoms. The van der Waals surface area contributed by atoms with Crippen LogP contribution in [-0.4, -0.2) is 25.9 Å². The number of nitrogens with one attached hydrogen (secondary N) is 2. The molecule has 102 valence electrons. The zero-order valence-electron chi connectivity index (χ0n) is 11.7. The molecule has 0 aromatic carbocycles. The van der Waals surface area contributed by atoms with Gasteiger partial charge < -0.3 is 5.32 Å². The second kappa shape index (κ2) is 4.87. The van der Waals surface area contributed by atoms with Crippen molar-refractivity contribution in [2.75, 3.05) is 5.32 Å². The lowest BCUT2D eigenvalue weighted by Gasteiger charge is -2.15. The molecule has 0 bridgehead atoms. The van der Waals surface area contributed by atoms with E-state index in [0.29, 0.717) is 11.4 Å². The number of amides is 1. The summed E-state index contributed by atoms with van der Waals surface area (Å²) >= 11 is 0. The zero-order valence-corrected chi connectivity index (χ0v) is 11.7. The molecular weight excluding hydrogens is 242 g/mol. The van der Waals surface area contributed by atoms with E-state index < -0.39 is 0 Å². The summed E-state index contributed by atoms with van der Waals surface area (Å²) in [6.45, 7) is 6.47. The first-order valence-corrected chi connectivity index (χ1v) is 6.18. The van der Waals surface area contributed by atoms with Crippen LogP contribution < -0.4 is 5.32 Å². The molecule has 2 N–H and O–H groups in total. The molecule has 0 unspecified atom stereocenters. The molecule has 6 nitrogen and oxygen atoms in total. The summed E-state index contributed by atoms with van der Waals surface area (Å²) in [5, 5.41) is 13.6. The van der Waals surface area contributed by atoms with Crippen LogP contribution in [0.25, 0.3) is 0 Å². The number of aromatic nitrogens is 4. The number of carbonyl (C=O) groups is 1. The van der Waals surface area contributed by atoms with Crippen molar-refractivity contribution in [3.05, 3.63) is 29.7 Å². The smallest absolute Gasteiger partial charge is 0.259 e. The number of hydrogen-bond donors (Lipinski definition) is 2. The van der Waals surface area contributed by atoms with Gasteiger partial charge in [0.05, 0.1) is 17.5 Å². The summed E-state index contributed by atoms with van der Waals surface area (Å²) in [4.78, 5) is 11.9. The number of H-pyrrole nitrogens is 1. The van der Waals surface area contributed by atoms with Gasteiger partial charge in [-0.3, -0.25) is 14.6 Å². The van der Waals surface area contributed by atoms with Crippen LogP contribution >= 0.6 is 0 Å². The summed E-state index contributed by atoms with van der Waals surface area (Å²) in [6, 6.07) is 1.91. The monoisotopic (exact) mass is 261 g/mol. The number of nitrogens with zero attached hydrogens (tertiary/aromatic N) is 3. The Kier molecular flexibility index (Phi) is 3.42. The Hall–Kier alpha value is -2.11. The molecule has 0 saturated carbocycles. The van der Waals surface area contributed by atoms with Crippen molar-refractivity contribution in [3.63, 3.8) is 0 Å². The molecule has 1 amide bonds. The highest BCUT2D eigenvalue weighted by Crippen LogP contribution is 2.21. The highest BCUT2D eigenvalue weighted by atomic mass is 16.1. The molecule has 0 aliphatic rings. The van der Waals surface area contributed by atoms with Gasteiger partial charge in [-0.1, -0.05) is 20.8 Å². The third kappa shape index (κ3) is 3.43. The Balaban J connectivity index is 2.11. The summed E-state index contributed by atoms with van der Waals surface area (Å²) in [6.07, 6.45) is 3.91.